The maximum Gasteiger partial charge on any atom is 0.227 e. The summed E-state index contributed by atoms with van der Waals surface area (Å²) < 4.78 is 5.39. The molecule has 1 unspecified atom stereocenters. The second-order valence-electron chi connectivity index (χ2n) is 7.23. The van der Waals surface area contributed by atoms with E-state index in [0.29, 0.717) is 25.9 Å². The van der Waals surface area contributed by atoms with Gasteiger partial charge in [-0.3, -0.25) is 4.79 Å². The Morgan fingerprint density at radius 2 is 1.95 bits per heavy atom. The van der Waals surface area contributed by atoms with Gasteiger partial charge < -0.3 is 14.7 Å². The number of likely N-dealkylation sites (tertiary alicyclic amines) is 1. The van der Waals surface area contributed by atoms with Crippen LogP contribution in [0.5, 0.6) is 0 Å². The summed E-state index contributed by atoms with van der Waals surface area (Å²) in [6, 6.07) is 8.45. The van der Waals surface area contributed by atoms with E-state index in [2.05, 4.69) is 43.9 Å². The Hall–Kier alpha value is -1.17. The van der Waals surface area contributed by atoms with E-state index < -0.39 is 13.7 Å². The molecule has 1 fully saturated rings. The maximum atomic E-state index is 12.4. The van der Waals surface area contributed by atoms with Crippen molar-refractivity contribution in [1.82, 2.24) is 4.90 Å². The van der Waals surface area contributed by atoms with Gasteiger partial charge in [0.1, 0.15) is 5.60 Å². The number of rotatable bonds is 5. The molecule has 1 amide bonds. The Labute approximate surface area is 134 Å². The van der Waals surface area contributed by atoms with E-state index in [-0.39, 0.29) is 12.5 Å². The number of hydrogen-bond donors (Lipinski definition) is 1. The largest absolute Gasteiger partial charge is 0.393 e. The van der Waals surface area contributed by atoms with Crippen LogP contribution in [-0.4, -0.2) is 56.4 Å². The number of carbonyl (C=O) groups is 1. The highest BCUT2D eigenvalue weighted by Crippen LogP contribution is 2.24. The minimum Gasteiger partial charge on any atom is -0.393 e. The average Bonchev–Trinajstić information content (AvgIpc) is 2.92. The van der Waals surface area contributed by atoms with Crippen molar-refractivity contribution in [3.05, 3.63) is 29.8 Å². The van der Waals surface area contributed by atoms with Gasteiger partial charge in [0.25, 0.3) is 0 Å². The number of amides is 1. The first-order valence-electron chi connectivity index (χ1n) is 7.83. The molecule has 0 aliphatic carbocycles. The molecule has 122 valence electrons. The number of carbonyl (C=O) groups excluding carboxylic acids is 1. The molecule has 0 spiro atoms. The zero-order valence-electron chi connectivity index (χ0n) is 14.1. The molecule has 0 saturated carbocycles. The fourth-order valence-electron chi connectivity index (χ4n) is 2.83. The standard InChI is InChI=1S/C17H27NO3Si/c1-21-17(13-19)9-10-18(12-17)16(20)11-14-5-7-15(8-6-14)22(2,3)4/h5-8,19H,9-13H2,1-4H3. The van der Waals surface area contributed by atoms with E-state index in [1.54, 1.807) is 12.0 Å². The minimum absolute atomic E-state index is 0.0435. The van der Waals surface area contributed by atoms with Crippen molar-refractivity contribution in [2.75, 3.05) is 26.8 Å². The summed E-state index contributed by atoms with van der Waals surface area (Å²) >= 11 is 0. The predicted octanol–water partition coefficient (Wildman–Crippen LogP) is 1.38. The van der Waals surface area contributed by atoms with Crippen molar-refractivity contribution in [2.24, 2.45) is 0 Å². The molecule has 1 heterocycles. The van der Waals surface area contributed by atoms with Crippen LogP contribution in [0.2, 0.25) is 19.6 Å². The predicted molar refractivity (Wildman–Crippen MR) is 91.1 cm³/mol. The fraction of sp³-hybridized carbons (Fsp3) is 0.588. The van der Waals surface area contributed by atoms with Gasteiger partial charge in [0.05, 0.1) is 27.6 Å². The number of ether oxygens (including phenoxy) is 1. The number of hydrogen-bond acceptors (Lipinski definition) is 3. The van der Waals surface area contributed by atoms with Gasteiger partial charge in [0, 0.05) is 13.7 Å². The van der Waals surface area contributed by atoms with E-state index in [4.69, 9.17) is 4.74 Å². The molecular formula is C17H27NO3Si. The highest BCUT2D eigenvalue weighted by atomic mass is 28.3. The lowest BCUT2D eigenvalue weighted by molar-refractivity contribution is -0.131. The molecule has 1 aromatic carbocycles. The normalized spacial score (nSPS) is 22.1. The number of benzene rings is 1. The molecule has 1 aliphatic rings. The first-order chi connectivity index (χ1) is 10.3. The number of aliphatic hydroxyl groups excluding tert-OH is 1. The van der Waals surface area contributed by atoms with Crippen LogP contribution in [0.1, 0.15) is 12.0 Å². The quantitative estimate of drug-likeness (QED) is 0.834. The van der Waals surface area contributed by atoms with Crippen LogP contribution < -0.4 is 5.19 Å². The maximum absolute atomic E-state index is 12.4. The van der Waals surface area contributed by atoms with Crippen LogP contribution in [0.4, 0.5) is 0 Å². The van der Waals surface area contributed by atoms with Crippen LogP contribution in [0.15, 0.2) is 24.3 Å². The Morgan fingerprint density at radius 1 is 1.32 bits per heavy atom. The monoisotopic (exact) mass is 321 g/mol. The second kappa shape index (κ2) is 6.52. The molecule has 0 bridgehead atoms. The number of aliphatic hydroxyl groups is 1. The first kappa shape index (κ1) is 17.2. The van der Waals surface area contributed by atoms with Gasteiger partial charge in [-0.15, -0.1) is 0 Å². The van der Waals surface area contributed by atoms with Crippen molar-refractivity contribution in [2.45, 2.75) is 38.1 Å². The molecule has 0 radical (unpaired) electrons. The highest BCUT2D eigenvalue weighted by molar-refractivity contribution is 6.88. The first-order valence-corrected chi connectivity index (χ1v) is 11.3. The topological polar surface area (TPSA) is 49.8 Å². The summed E-state index contributed by atoms with van der Waals surface area (Å²) in [5.74, 6) is 0.105. The average molecular weight is 321 g/mol. The lowest BCUT2D eigenvalue weighted by Crippen LogP contribution is -2.41. The third kappa shape index (κ3) is 3.77. The van der Waals surface area contributed by atoms with Gasteiger partial charge >= 0.3 is 0 Å². The molecule has 1 N–H and O–H groups in total. The van der Waals surface area contributed by atoms with E-state index >= 15 is 0 Å². The lowest BCUT2D eigenvalue weighted by Gasteiger charge is -2.25. The molecule has 5 heteroatoms. The Balaban J connectivity index is 1.98. The van der Waals surface area contributed by atoms with Gasteiger partial charge in [-0.05, 0) is 12.0 Å². The van der Waals surface area contributed by atoms with Crippen LogP contribution >= 0.6 is 0 Å². The Morgan fingerprint density at radius 3 is 2.41 bits per heavy atom. The molecule has 1 aromatic rings. The van der Waals surface area contributed by atoms with Crippen molar-refractivity contribution in [3.8, 4) is 0 Å². The summed E-state index contributed by atoms with van der Waals surface area (Å²) in [4.78, 5) is 14.2. The van der Waals surface area contributed by atoms with Gasteiger partial charge in [-0.1, -0.05) is 49.1 Å². The highest BCUT2D eigenvalue weighted by Gasteiger charge is 2.39. The van der Waals surface area contributed by atoms with Gasteiger partial charge in [0.15, 0.2) is 0 Å². The Bertz CT molecular complexity index is 518. The van der Waals surface area contributed by atoms with Crippen molar-refractivity contribution >= 4 is 19.2 Å². The molecular weight excluding hydrogens is 294 g/mol. The third-order valence-electron chi connectivity index (χ3n) is 4.57. The van der Waals surface area contributed by atoms with E-state index in [9.17, 15) is 9.90 Å². The third-order valence-corrected chi connectivity index (χ3v) is 6.63. The van der Waals surface area contributed by atoms with Crippen molar-refractivity contribution < 1.29 is 14.6 Å². The molecule has 2 rings (SSSR count). The molecule has 4 nitrogen and oxygen atoms in total. The summed E-state index contributed by atoms with van der Waals surface area (Å²) in [6.07, 6.45) is 1.11. The molecule has 1 aliphatic heterocycles. The minimum atomic E-state index is -1.29. The van der Waals surface area contributed by atoms with Gasteiger partial charge in [0.2, 0.25) is 5.91 Å². The SMILES string of the molecule is COC1(CO)CCN(C(=O)Cc2ccc([Si](C)(C)C)cc2)C1. The van der Waals surface area contributed by atoms with E-state index in [0.717, 1.165) is 5.56 Å². The zero-order valence-corrected chi connectivity index (χ0v) is 15.1. The van der Waals surface area contributed by atoms with E-state index in [1.165, 1.54) is 5.19 Å². The summed E-state index contributed by atoms with van der Waals surface area (Å²) in [5, 5.41) is 10.9. The lowest BCUT2D eigenvalue weighted by atomic mass is 10.1. The van der Waals surface area contributed by atoms with Crippen LogP contribution in [0.3, 0.4) is 0 Å². The van der Waals surface area contributed by atoms with Gasteiger partial charge in [-0.25, -0.2) is 0 Å². The molecule has 0 aromatic heterocycles. The number of nitrogens with zero attached hydrogens (tertiary/aromatic N) is 1. The zero-order chi connectivity index (χ0) is 16.4. The molecule has 22 heavy (non-hydrogen) atoms. The van der Waals surface area contributed by atoms with Crippen LogP contribution in [-0.2, 0) is 16.0 Å². The van der Waals surface area contributed by atoms with Crippen LogP contribution in [0, 0.1) is 0 Å². The smallest absolute Gasteiger partial charge is 0.227 e. The van der Waals surface area contributed by atoms with Gasteiger partial charge in [-0.2, -0.15) is 0 Å². The second-order valence-corrected chi connectivity index (χ2v) is 12.3. The van der Waals surface area contributed by atoms with E-state index in [1.807, 2.05) is 0 Å². The van der Waals surface area contributed by atoms with Crippen molar-refractivity contribution in [1.29, 1.82) is 0 Å². The number of methoxy groups -OCH3 is 1. The van der Waals surface area contributed by atoms with Crippen LogP contribution in [0.25, 0.3) is 0 Å². The Kier molecular flexibility index (Phi) is 5.09. The molecule has 1 atom stereocenters. The fourth-order valence-corrected chi connectivity index (χ4v) is 3.99. The van der Waals surface area contributed by atoms with Crippen molar-refractivity contribution in [3.63, 3.8) is 0 Å². The summed E-state index contributed by atoms with van der Waals surface area (Å²) in [6.45, 7) is 8.04. The summed E-state index contributed by atoms with van der Waals surface area (Å²) in [5.41, 5.74) is 0.475. The summed E-state index contributed by atoms with van der Waals surface area (Å²) in [7, 11) is 0.306. The molecule has 1 saturated heterocycles.